The van der Waals surface area contributed by atoms with Gasteiger partial charge in [0.1, 0.15) is 0 Å². The summed E-state index contributed by atoms with van der Waals surface area (Å²) in [6.45, 7) is 1.90. The third kappa shape index (κ3) is 3.52. The Morgan fingerprint density at radius 2 is 2.00 bits per heavy atom. The van der Waals surface area contributed by atoms with Crippen molar-refractivity contribution in [3.8, 4) is 11.4 Å². The van der Waals surface area contributed by atoms with Gasteiger partial charge in [0.25, 0.3) is 0 Å². The first-order valence-corrected chi connectivity index (χ1v) is 9.71. The third-order valence-corrected chi connectivity index (χ3v) is 5.59. The van der Waals surface area contributed by atoms with Crippen LogP contribution in [-0.2, 0) is 0 Å². The van der Waals surface area contributed by atoms with Crippen molar-refractivity contribution in [1.82, 2.24) is 19.7 Å². The van der Waals surface area contributed by atoms with Crippen molar-refractivity contribution in [3.63, 3.8) is 0 Å². The molecule has 3 aromatic rings. The van der Waals surface area contributed by atoms with E-state index in [9.17, 15) is 4.79 Å². The SMILES string of the molecule is C[C@@H](Sc1nnc(-c2cccnc2)n1C1CC1)C(=O)c1ccc(Cl)cc1. The second-order valence-electron chi connectivity index (χ2n) is 6.28. The van der Waals surface area contributed by atoms with E-state index in [1.54, 1.807) is 36.7 Å². The van der Waals surface area contributed by atoms with Crippen molar-refractivity contribution in [3.05, 3.63) is 59.4 Å². The Balaban J connectivity index is 1.59. The Morgan fingerprint density at radius 1 is 1.23 bits per heavy atom. The summed E-state index contributed by atoms with van der Waals surface area (Å²) >= 11 is 7.35. The smallest absolute Gasteiger partial charge is 0.192 e. The monoisotopic (exact) mass is 384 g/mol. The van der Waals surface area contributed by atoms with Crippen LogP contribution in [0.4, 0.5) is 0 Å². The van der Waals surface area contributed by atoms with E-state index in [0.717, 1.165) is 29.4 Å². The molecule has 4 rings (SSSR count). The van der Waals surface area contributed by atoms with Crippen molar-refractivity contribution in [2.75, 3.05) is 0 Å². The zero-order valence-electron chi connectivity index (χ0n) is 14.2. The van der Waals surface area contributed by atoms with Gasteiger partial charge in [-0.25, -0.2) is 0 Å². The number of hydrogen-bond donors (Lipinski definition) is 0. The Morgan fingerprint density at radius 3 is 2.65 bits per heavy atom. The maximum Gasteiger partial charge on any atom is 0.192 e. The lowest BCUT2D eigenvalue weighted by Gasteiger charge is -2.12. The van der Waals surface area contributed by atoms with E-state index >= 15 is 0 Å². The molecule has 1 atom stereocenters. The molecule has 1 aromatic carbocycles. The van der Waals surface area contributed by atoms with Gasteiger partial charge in [0.15, 0.2) is 16.8 Å². The first-order chi connectivity index (χ1) is 12.6. The maximum atomic E-state index is 12.7. The van der Waals surface area contributed by atoms with Gasteiger partial charge in [-0.3, -0.25) is 14.3 Å². The molecule has 0 N–H and O–H groups in total. The third-order valence-electron chi connectivity index (χ3n) is 4.28. The molecule has 0 spiro atoms. The molecule has 1 saturated carbocycles. The summed E-state index contributed by atoms with van der Waals surface area (Å²) < 4.78 is 2.15. The second kappa shape index (κ2) is 7.21. The van der Waals surface area contributed by atoms with Crippen molar-refractivity contribution in [2.45, 2.75) is 36.2 Å². The second-order valence-corrected chi connectivity index (χ2v) is 8.02. The number of nitrogens with zero attached hydrogens (tertiary/aromatic N) is 4. The van der Waals surface area contributed by atoms with Gasteiger partial charge in [0.05, 0.1) is 5.25 Å². The van der Waals surface area contributed by atoms with Gasteiger partial charge < -0.3 is 0 Å². The molecule has 2 heterocycles. The van der Waals surface area contributed by atoms with Gasteiger partial charge in [-0.2, -0.15) is 0 Å². The average Bonchev–Trinajstić information content (AvgIpc) is 3.42. The lowest BCUT2D eigenvalue weighted by molar-refractivity contribution is 0.0994. The number of Topliss-reactive ketones (excluding diaryl/α,β-unsaturated/α-hetero) is 1. The molecule has 0 bridgehead atoms. The van der Waals surface area contributed by atoms with Gasteiger partial charge in [-0.15, -0.1) is 10.2 Å². The van der Waals surface area contributed by atoms with E-state index in [1.807, 2.05) is 19.1 Å². The highest BCUT2D eigenvalue weighted by molar-refractivity contribution is 8.00. The molecular formula is C19H17ClN4OS. The number of pyridine rings is 1. The zero-order chi connectivity index (χ0) is 18.1. The Hall–Kier alpha value is -2.18. The summed E-state index contributed by atoms with van der Waals surface area (Å²) in [5, 5.41) is 9.86. The van der Waals surface area contributed by atoms with Gasteiger partial charge in [0, 0.05) is 34.6 Å². The molecule has 132 valence electrons. The molecule has 2 aromatic heterocycles. The molecule has 1 aliphatic rings. The minimum atomic E-state index is -0.264. The van der Waals surface area contributed by atoms with E-state index in [-0.39, 0.29) is 11.0 Å². The van der Waals surface area contributed by atoms with Gasteiger partial charge in [-0.05, 0) is 56.2 Å². The van der Waals surface area contributed by atoms with E-state index in [0.29, 0.717) is 16.6 Å². The Labute approximate surface area is 160 Å². The topological polar surface area (TPSA) is 60.7 Å². The number of ketones is 1. The highest BCUT2D eigenvalue weighted by Gasteiger charge is 2.31. The van der Waals surface area contributed by atoms with Crippen LogP contribution in [0, 0.1) is 0 Å². The summed E-state index contributed by atoms with van der Waals surface area (Å²) in [4.78, 5) is 16.9. The van der Waals surface area contributed by atoms with Crippen LogP contribution in [0.5, 0.6) is 0 Å². The molecule has 7 heteroatoms. The van der Waals surface area contributed by atoms with Gasteiger partial charge in [-0.1, -0.05) is 23.4 Å². The minimum Gasteiger partial charge on any atom is -0.299 e. The fraction of sp³-hybridized carbons (Fsp3) is 0.263. The van der Waals surface area contributed by atoms with E-state index in [2.05, 4.69) is 19.7 Å². The van der Waals surface area contributed by atoms with Gasteiger partial charge in [0.2, 0.25) is 0 Å². The van der Waals surface area contributed by atoms with Crippen LogP contribution in [0.1, 0.15) is 36.2 Å². The molecule has 5 nitrogen and oxygen atoms in total. The fourth-order valence-electron chi connectivity index (χ4n) is 2.77. The number of carbonyl (C=O) groups excluding carboxylic acids is 1. The van der Waals surface area contributed by atoms with E-state index in [1.165, 1.54) is 11.8 Å². The number of rotatable bonds is 6. The van der Waals surface area contributed by atoms with E-state index < -0.39 is 0 Å². The summed E-state index contributed by atoms with van der Waals surface area (Å²) in [5.74, 6) is 0.870. The molecule has 0 unspecified atom stereocenters. The predicted octanol–water partition coefficient (Wildman–Crippen LogP) is 4.69. The molecule has 26 heavy (non-hydrogen) atoms. The van der Waals surface area contributed by atoms with Crippen molar-refractivity contribution in [2.24, 2.45) is 0 Å². The Bertz CT molecular complexity index is 922. The number of benzene rings is 1. The van der Waals surface area contributed by atoms with E-state index in [4.69, 9.17) is 11.6 Å². The molecule has 0 saturated heterocycles. The molecule has 0 amide bonds. The molecule has 1 aliphatic carbocycles. The minimum absolute atomic E-state index is 0.0555. The summed E-state index contributed by atoms with van der Waals surface area (Å²) in [5.41, 5.74) is 1.59. The van der Waals surface area contributed by atoms with Crippen LogP contribution in [0.15, 0.2) is 53.9 Å². The van der Waals surface area contributed by atoms with Crippen molar-refractivity contribution < 1.29 is 4.79 Å². The quantitative estimate of drug-likeness (QED) is 0.455. The van der Waals surface area contributed by atoms with Crippen LogP contribution in [0.3, 0.4) is 0 Å². The number of aromatic nitrogens is 4. The lowest BCUT2D eigenvalue weighted by atomic mass is 10.1. The molecule has 0 radical (unpaired) electrons. The number of carbonyl (C=O) groups is 1. The van der Waals surface area contributed by atoms with Crippen LogP contribution < -0.4 is 0 Å². The highest BCUT2D eigenvalue weighted by atomic mass is 35.5. The highest BCUT2D eigenvalue weighted by Crippen LogP contribution is 2.41. The number of hydrogen-bond acceptors (Lipinski definition) is 5. The fourth-order valence-corrected chi connectivity index (χ4v) is 3.89. The first kappa shape index (κ1) is 17.2. The molecule has 0 aliphatic heterocycles. The normalized spacial score (nSPS) is 15.0. The van der Waals surface area contributed by atoms with Crippen LogP contribution in [0.2, 0.25) is 5.02 Å². The number of thioether (sulfide) groups is 1. The average molecular weight is 385 g/mol. The zero-order valence-corrected chi connectivity index (χ0v) is 15.7. The summed E-state index contributed by atoms with van der Waals surface area (Å²) in [7, 11) is 0. The van der Waals surface area contributed by atoms with Gasteiger partial charge >= 0.3 is 0 Å². The molecular weight excluding hydrogens is 368 g/mol. The van der Waals surface area contributed by atoms with Crippen LogP contribution in [-0.4, -0.2) is 30.8 Å². The largest absolute Gasteiger partial charge is 0.299 e. The predicted molar refractivity (Wildman–Crippen MR) is 103 cm³/mol. The maximum absolute atomic E-state index is 12.7. The number of halogens is 1. The summed E-state index contributed by atoms with van der Waals surface area (Å²) in [6, 6.07) is 11.3. The standard InChI is InChI=1S/C19H17ClN4OS/c1-12(17(25)13-4-6-15(20)7-5-13)26-19-23-22-18(24(19)16-8-9-16)14-3-2-10-21-11-14/h2-7,10-12,16H,8-9H2,1H3/t12-/m1/s1. The summed E-state index contributed by atoms with van der Waals surface area (Å²) in [6.07, 6.45) is 5.75. The van der Waals surface area contributed by atoms with Crippen LogP contribution in [0.25, 0.3) is 11.4 Å². The van der Waals surface area contributed by atoms with Crippen molar-refractivity contribution >= 4 is 29.1 Å². The molecule has 1 fully saturated rings. The lowest BCUT2D eigenvalue weighted by Crippen LogP contribution is -2.14. The first-order valence-electron chi connectivity index (χ1n) is 8.45. The van der Waals surface area contributed by atoms with Crippen molar-refractivity contribution in [1.29, 1.82) is 0 Å². The Kier molecular flexibility index (Phi) is 4.78. The van der Waals surface area contributed by atoms with Crippen LogP contribution >= 0.6 is 23.4 Å².